The predicted molar refractivity (Wildman–Crippen MR) is 139 cm³/mol. The Bertz CT molecular complexity index is 1240. The van der Waals surface area contributed by atoms with E-state index in [2.05, 4.69) is 45.5 Å². The molecular weight excluding hydrogens is 588 g/mol. The maximum absolute atomic E-state index is 13.7. The van der Waals surface area contributed by atoms with Crippen LogP contribution in [0, 0.1) is 11.3 Å². The zero-order chi connectivity index (χ0) is 32.2. The lowest BCUT2D eigenvalue weighted by atomic mass is 9.75. The monoisotopic (exact) mass is 621 g/mol. The fraction of sp³-hybridized carbons (Fsp3) is 0.593. The predicted octanol–water partition coefficient (Wildman–Crippen LogP) is 4.35. The maximum Gasteiger partial charge on any atom is 0.490 e. The first-order valence-electron chi connectivity index (χ1n) is 13.5. The lowest BCUT2D eigenvalue weighted by molar-refractivity contribution is -0.193. The number of likely N-dealkylation sites (tertiary alicyclic amines) is 2. The second-order valence-corrected chi connectivity index (χ2v) is 11.1. The molecule has 238 valence electrons. The molecule has 10 nitrogen and oxygen atoms in total. The van der Waals surface area contributed by atoms with E-state index in [1.54, 1.807) is 0 Å². The van der Waals surface area contributed by atoms with Gasteiger partial charge < -0.3 is 19.7 Å². The largest absolute Gasteiger partial charge is 0.490 e. The summed E-state index contributed by atoms with van der Waals surface area (Å²) in [5, 5.41) is 14.2. The zero-order valence-electron chi connectivity index (χ0n) is 23.5. The summed E-state index contributed by atoms with van der Waals surface area (Å²) in [5.41, 5.74) is 1.81. The van der Waals surface area contributed by atoms with Gasteiger partial charge >= 0.3 is 24.3 Å². The third-order valence-electron chi connectivity index (χ3n) is 7.50. The van der Waals surface area contributed by atoms with Crippen LogP contribution in [0.2, 0.25) is 0 Å². The number of imidazole rings is 1. The summed E-state index contributed by atoms with van der Waals surface area (Å²) in [6.45, 7) is 8.65. The van der Waals surface area contributed by atoms with Crippen LogP contribution in [0.15, 0.2) is 36.9 Å². The Kier molecular flexibility index (Phi) is 10.5. The van der Waals surface area contributed by atoms with Crippen LogP contribution >= 0.6 is 0 Å². The Morgan fingerprint density at radius 3 is 2.12 bits per heavy atom. The van der Waals surface area contributed by atoms with Gasteiger partial charge in [0.1, 0.15) is 0 Å². The highest BCUT2D eigenvalue weighted by Crippen LogP contribution is 2.50. The van der Waals surface area contributed by atoms with E-state index >= 15 is 0 Å². The first-order chi connectivity index (χ1) is 19.9. The number of halogens is 6. The molecule has 1 spiro atoms. The van der Waals surface area contributed by atoms with Crippen LogP contribution in [0.4, 0.5) is 26.3 Å². The Labute approximate surface area is 243 Å². The molecule has 3 aliphatic rings. The van der Waals surface area contributed by atoms with E-state index in [-0.39, 0.29) is 11.3 Å². The first kappa shape index (κ1) is 33.8. The number of nitrogens with zero attached hydrogens (tertiary/aromatic N) is 5. The van der Waals surface area contributed by atoms with Crippen LogP contribution in [0.3, 0.4) is 0 Å². The van der Waals surface area contributed by atoms with Gasteiger partial charge in [-0.05, 0) is 51.2 Å². The molecule has 43 heavy (non-hydrogen) atoms. The molecule has 1 aliphatic carbocycles. The number of carboxylic acid groups (broad SMARTS) is 2. The van der Waals surface area contributed by atoms with E-state index in [1.165, 1.54) is 12.8 Å². The smallest absolute Gasteiger partial charge is 0.475 e. The molecule has 2 aromatic rings. The number of amides is 1. The lowest BCUT2D eigenvalue weighted by Gasteiger charge is -2.28. The number of hydrogen-bond donors (Lipinski definition) is 2. The van der Waals surface area contributed by atoms with Crippen molar-refractivity contribution in [3.05, 3.63) is 48.3 Å². The number of aliphatic carboxylic acids is 2. The SMILES string of the molecule is CC(C)n1cnc(C2CN(Cc3ccccn3)CC23CCN(CC2CC2)C3=O)c1.O=C(O)C(F)(F)F.O=C(O)C(F)(F)F. The number of aromatic nitrogens is 3. The van der Waals surface area contributed by atoms with E-state index in [1.807, 2.05) is 24.7 Å². The highest BCUT2D eigenvalue weighted by molar-refractivity contribution is 5.87. The fourth-order valence-corrected chi connectivity index (χ4v) is 5.15. The molecule has 1 saturated carbocycles. The fourth-order valence-electron chi connectivity index (χ4n) is 5.15. The number of carbonyl (C=O) groups excluding carboxylic acids is 1. The molecule has 16 heteroatoms. The van der Waals surface area contributed by atoms with Gasteiger partial charge in [-0.3, -0.25) is 14.7 Å². The Morgan fingerprint density at radius 2 is 1.65 bits per heavy atom. The van der Waals surface area contributed by atoms with Crippen molar-refractivity contribution in [2.24, 2.45) is 11.3 Å². The highest BCUT2D eigenvalue weighted by Gasteiger charge is 2.58. The van der Waals surface area contributed by atoms with Crippen LogP contribution in [-0.4, -0.2) is 90.9 Å². The molecule has 2 unspecified atom stereocenters. The maximum atomic E-state index is 13.7. The molecule has 2 aliphatic heterocycles. The van der Waals surface area contributed by atoms with Crippen LogP contribution in [0.5, 0.6) is 0 Å². The van der Waals surface area contributed by atoms with E-state index in [0.29, 0.717) is 11.9 Å². The van der Waals surface area contributed by atoms with Crippen molar-refractivity contribution in [1.29, 1.82) is 0 Å². The number of hydrogen-bond acceptors (Lipinski definition) is 6. The van der Waals surface area contributed by atoms with Crippen molar-refractivity contribution in [3.8, 4) is 0 Å². The number of pyridine rings is 1. The number of rotatable bonds is 6. The summed E-state index contributed by atoms with van der Waals surface area (Å²) in [4.78, 5) is 45.3. The summed E-state index contributed by atoms with van der Waals surface area (Å²) < 4.78 is 65.6. The van der Waals surface area contributed by atoms with Gasteiger partial charge in [-0.1, -0.05) is 6.07 Å². The van der Waals surface area contributed by atoms with Crippen molar-refractivity contribution in [2.45, 2.75) is 64.0 Å². The van der Waals surface area contributed by atoms with Gasteiger partial charge in [0.2, 0.25) is 5.91 Å². The molecule has 3 fully saturated rings. The lowest BCUT2D eigenvalue weighted by Crippen LogP contribution is -2.40. The van der Waals surface area contributed by atoms with E-state index in [9.17, 15) is 31.1 Å². The van der Waals surface area contributed by atoms with E-state index in [4.69, 9.17) is 24.8 Å². The quantitative estimate of drug-likeness (QED) is 0.456. The van der Waals surface area contributed by atoms with Gasteiger partial charge in [0, 0.05) is 57.1 Å². The topological polar surface area (TPSA) is 129 Å². The summed E-state index contributed by atoms with van der Waals surface area (Å²) in [7, 11) is 0. The van der Waals surface area contributed by atoms with Gasteiger partial charge in [-0.15, -0.1) is 0 Å². The van der Waals surface area contributed by atoms with Crippen molar-refractivity contribution in [3.63, 3.8) is 0 Å². The highest BCUT2D eigenvalue weighted by atomic mass is 19.4. The number of carbonyl (C=O) groups is 3. The molecular formula is C27H33F6N5O5. The molecule has 1 amide bonds. The van der Waals surface area contributed by atoms with Crippen molar-refractivity contribution >= 4 is 17.8 Å². The molecule has 2 atom stereocenters. The minimum absolute atomic E-state index is 0.155. The average Bonchev–Trinajstić information content (AvgIpc) is 3.32. The van der Waals surface area contributed by atoms with E-state index in [0.717, 1.165) is 56.5 Å². The molecule has 2 N–H and O–H groups in total. The normalized spacial score (nSPS) is 22.3. The summed E-state index contributed by atoms with van der Waals surface area (Å²) in [6.07, 6.45) is -0.720. The standard InChI is InChI=1S/C23H31N5O.2C2HF3O2/c1-17(2)28-14-21(25-16-28)20-13-26(12-19-5-3-4-9-24-19)15-23(20)8-10-27(22(23)29)11-18-6-7-18;2*3-2(4,5)1(6)7/h3-5,9,14,16-18,20H,6-8,10-13,15H2,1-2H3;2*(H,6,7). The minimum atomic E-state index is -5.08. The van der Waals surface area contributed by atoms with E-state index < -0.39 is 24.3 Å². The van der Waals surface area contributed by atoms with Crippen LogP contribution in [-0.2, 0) is 20.9 Å². The second kappa shape index (κ2) is 13.3. The van der Waals surface area contributed by atoms with Crippen LogP contribution < -0.4 is 0 Å². The molecule has 0 bridgehead atoms. The average molecular weight is 622 g/mol. The molecule has 2 aromatic heterocycles. The van der Waals surface area contributed by atoms with Gasteiger partial charge in [-0.2, -0.15) is 26.3 Å². The molecule has 4 heterocycles. The molecule has 2 saturated heterocycles. The zero-order valence-corrected chi connectivity index (χ0v) is 23.5. The Balaban J connectivity index is 0.000000303. The van der Waals surface area contributed by atoms with Crippen molar-refractivity contribution in [2.75, 3.05) is 26.2 Å². The van der Waals surface area contributed by atoms with Crippen molar-refractivity contribution in [1.82, 2.24) is 24.3 Å². The van der Waals surface area contributed by atoms with Crippen LogP contribution in [0.25, 0.3) is 0 Å². The minimum Gasteiger partial charge on any atom is -0.475 e. The van der Waals surface area contributed by atoms with Gasteiger partial charge in [0.25, 0.3) is 0 Å². The third-order valence-corrected chi connectivity index (χ3v) is 7.50. The molecule has 0 radical (unpaired) electrons. The first-order valence-corrected chi connectivity index (χ1v) is 13.5. The molecule has 5 rings (SSSR count). The summed E-state index contributed by atoms with van der Waals surface area (Å²) in [6, 6.07) is 6.44. The van der Waals surface area contributed by atoms with Crippen LogP contribution in [0.1, 0.15) is 56.5 Å². The van der Waals surface area contributed by atoms with Gasteiger partial charge in [0.05, 0.1) is 23.1 Å². The second-order valence-electron chi connectivity index (χ2n) is 11.1. The third kappa shape index (κ3) is 8.91. The van der Waals surface area contributed by atoms with Crippen molar-refractivity contribution < 1.29 is 50.9 Å². The Morgan fingerprint density at radius 1 is 1.05 bits per heavy atom. The summed E-state index contributed by atoms with van der Waals surface area (Å²) >= 11 is 0. The van der Waals surface area contributed by atoms with Gasteiger partial charge in [-0.25, -0.2) is 14.6 Å². The number of carboxylic acids is 2. The van der Waals surface area contributed by atoms with Gasteiger partial charge in [0.15, 0.2) is 0 Å². The number of alkyl halides is 6. The molecule has 0 aromatic carbocycles. The summed E-state index contributed by atoms with van der Waals surface area (Å²) in [5.74, 6) is -4.27. The Hall–Kier alpha value is -3.69.